The first kappa shape index (κ1) is 24.2. The Morgan fingerprint density at radius 3 is 2.38 bits per heavy atom. The number of hydrogen-bond acceptors (Lipinski definition) is 4. The lowest BCUT2D eigenvalue weighted by molar-refractivity contribution is -0.138. The Bertz CT molecular complexity index is 760. The second-order valence-electron chi connectivity index (χ2n) is 9.41. The van der Waals surface area contributed by atoms with E-state index in [9.17, 15) is 14.4 Å². The zero-order chi connectivity index (χ0) is 22.9. The maximum absolute atomic E-state index is 13.3. The molecule has 0 bridgehead atoms. The van der Waals surface area contributed by atoms with E-state index in [0.717, 1.165) is 45.6 Å². The Morgan fingerprint density at radius 1 is 0.969 bits per heavy atom. The van der Waals surface area contributed by atoms with Crippen molar-refractivity contribution in [3.63, 3.8) is 0 Å². The molecule has 2 aliphatic rings. The number of nitrogens with zero attached hydrogens (tertiary/aromatic N) is 3. The highest BCUT2D eigenvalue weighted by Crippen LogP contribution is 2.19. The minimum absolute atomic E-state index is 0.0539. The predicted octanol–water partition coefficient (Wildman–Crippen LogP) is 2.24. The highest BCUT2D eigenvalue weighted by Gasteiger charge is 2.28. The summed E-state index contributed by atoms with van der Waals surface area (Å²) in [7, 11) is 0. The Morgan fingerprint density at radius 2 is 1.69 bits per heavy atom. The molecule has 7 heteroatoms. The van der Waals surface area contributed by atoms with E-state index in [0.29, 0.717) is 37.5 Å². The third kappa shape index (κ3) is 7.05. The average molecular weight is 443 g/mol. The molecule has 1 aromatic rings. The van der Waals surface area contributed by atoms with E-state index >= 15 is 0 Å². The zero-order valence-corrected chi connectivity index (χ0v) is 19.6. The summed E-state index contributed by atoms with van der Waals surface area (Å²) in [5, 5.41) is 2.94. The molecule has 1 aromatic carbocycles. The lowest BCUT2D eigenvalue weighted by Crippen LogP contribution is -2.51. The van der Waals surface area contributed by atoms with E-state index in [1.807, 2.05) is 23.1 Å². The minimum atomic E-state index is -0.112. The third-order valence-corrected chi connectivity index (χ3v) is 6.37. The van der Waals surface area contributed by atoms with Gasteiger partial charge in [-0.15, -0.1) is 0 Å². The van der Waals surface area contributed by atoms with E-state index < -0.39 is 0 Å². The number of piperazine rings is 1. The van der Waals surface area contributed by atoms with Crippen LogP contribution in [0, 0.1) is 11.8 Å². The van der Waals surface area contributed by atoms with Crippen LogP contribution in [0.2, 0.25) is 0 Å². The summed E-state index contributed by atoms with van der Waals surface area (Å²) in [6, 6.07) is 9.19. The van der Waals surface area contributed by atoms with Gasteiger partial charge in [0, 0.05) is 70.3 Å². The minimum Gasteiger partial charge on any atom is -0.356 e. The molecule has 176 valence electrons. The van der Waals surface area contributed by atoms with Gasteiger partial charge in [-0.1, -0.05) is 32.0 Å². The fraction of sp³-hybridized carbons (Fsp3) is 0.640. The van der Waals surface area contributed by atoms with Crippen LogP contribution in [0.1, 0.15) is 49.9 Å². The van der Waals surface area contributed by atoms with Gasteiger partial charge in [0.1, 0.15) is 0 Å². The number of nitrogens with one attached hydrogen (secondary N) is 1. The molecular formula is C25H38N4O3. The number of carbonyl (C=O) groups is 3. The van der Waals surface area contributed by atoms with Gasteiger partial charge in [0.15, 0.2) is 0 Å². The number of carbonyl (C=O) groups excluding carboxylic acids is 3. The van der Waals surface area contributed by atoms with Crippen LogP contribution >= 0.6 is 0 Å². The highest BCUT2D eigenvalue weighted by atomic mass is 16.2. The first-order valence-electron chi connectivity index (χ1n) is 12.1. The van der Waals surface area contributed by atoms with E-state index in [-0.39, 0.29) is 30.1 Å². The lowest BCUT2D eigenvalue weighted by atomic mass is 9.96. The van der Waals surface area contributed by atoms with Gasteiger partial charge in [-0.05, 0) is 37.3 Å². The molecule has 0 aromatic heterocycles. The number of amides is 3. The molecule has 2 heterocycles. The largest absolute Gasteiger partial charge is 0.356 e. The molecule has 3 rings (SSSR count). The molecular weight excluding hydrogens is 404 g/mol. The van der Waals surface area contributed by atoms with Crippen LogP contribution in [-0.4, -0.2) is 84.8 Å². The second-order valence-corrected chi connectivity index (χ2v) is 9.41. The van der Waals surface area contributed by atoms with Crippen molar-refractivity contribution in [2.24, 2.45) is 11.8 Å². The van der Waals surface area contributed by atoms with Gasteiger partial charge in [-0.3, -0.25) is 19.3 Å². The molecule has 1 N–H and O–H groups in total. The Balaban J connectivity index is 1.59. The van der Waals surface area contributed by atoms with Gasteiger partial charge in [-0.2, -0.15) is 0 Å². The van der Waals surface area contributed by atoms with Crippen molar-refractivity contribution < 1.29 is 14.4 Å². The van der Waals surface area contributed by atoms with Crippen LogP contribution in [0.5, 0.6) is 0 Å². The van der Waals surface area contributed by atoms with Crippen molar-refractivity contribution in [2.45, 2.75) is 39.5 Å². The van der Waals surface area contributed by atoms with Gasteiger partial charge < -0.3 is 15.1 Å². The number of rotatable bonds is 4. The van der Waals surface area contributed by atoms with Crippen LogP contribution in [-0.2, 0) is 9.59 Å². The summed E-state index contributed by atoms with van der Waals surface area (Å²) in [4.78, 5) is 44.7. The monoisotopic (exact) mass is 442 g/mol. The van der Waals surface area contributed by atoms with Crippen molar-refractivity contribution in [1.82, 2.24) is 20.0 Å². The molecule has 2 saturated heterocycles. The normalized spacial score (nSPS) is 21.7. The van der Waals surface area contributed by atoms with Gasteiger partial charge in [-0.25, -0.2) is 0 Å². The van der Waals surface area contributed by atoms with Gasteiger partial charge in [0.25, 0.3) is 5.91 Å². The molecule has 0 radical (unpaired) electrons. The zero-order valence-electron chi connectivity index (χ0n) is 19.6. The van der Waals surface area contributed by atoms with Crippen LogP contribution in [0.4, 0.5) is 0 Å². The topological polar surface area (TPSA) is 73.0 Å². The Labute approximate surface area is 192 Å². The van der Waals surface area contributed by atoms with Crippen molar-refractivity contribution in [2.75, 3.05) is 52.4 Å². The predicted molar refractivity (Wildman–Crippen MR) is 125 cm³/mol. The molecule has 0 spiro atoms. The van der Waals surface area contributed by atoms with Crippen LogP contribution < -0.4 is 5.32 Å². The third-order valence-electron chi connectivity index (χ3n) is 6.37. The standard InChI is InChI=1S/C25H38N4O3/c1-20(2)19-27-15-17-29(18-16-27)25(32)22-9-6-13-28(14-11-23(30)26-12-10-22)24(31)21-7-4-3-5-8-21/h3-5,7-8,20,22H,6,9-19H2,1-2H3,(H,26,30). The number of hydrogen-bond donors (Lipinski definition) is 1. The van der Waals surface area contributed by atoms with Crippen LogP contribution in [0.25, 0.3) is 0 Å². The van der Waals surface area contributed by atoms with E-state index in [1.165, 1.54) is 0 Å². The molecule has 1 atom stereocenters. The molecule has 7 nitrogen and oxygen atoms in total. The molecule has 2 aliphatic heterocycles. The van der Waals surface area contributed by atoms with E-state index in [4.69, 9.17) is 0 Å². The summed E-state index contributed by atoms with van der Waals surface area (Å²) in [6.07, 6.45) is 2.44. The molecule has 0 aliphatic carbocycles. The summed E-state index contributed by atoms with van der Waals surface area (Å²) >= 11 is 0. The quantitative estimate of drug-likeness (QED) is 0.776. The first-order chi connectivity index (χ1) is 15.4. The van der Waals surface area contributed by atoms with E-state index in [2.05, 4.69) is 24.1 Å². The second kappa shape index (κ2) is 12.0. The smallest absolute Gasteiger partial charge is 0.253 e. The summed E-state index contributed by atoms with van der Waals surface area (Å²) in [5.74, 6) is 0.597. The fourth-order valence-electron chi connectivity index (χ4n) is 4.63. The van der Waals surface area contributed by atoms with Crippen LogP contribution in [0.15, 0.2) is 30.3 Å². The Kier molecular flexibility index (Phi) is 9.09. The molecule has 1 unspecified atom stereocenters. The maximum atomic E-state index is 13.3. The van der Waals surface area contributed by atoms with Crippen LogP contribution in [0.3, 0.4) is 0 Å². The summed E-state index contributed by atoms with van der Waals surface area (Å²) in [6.45, 7) is 10.4. The summed E-state index contributed by atoms with van der Waals surface area (Å²) < 4.78 is 0. The number of benzene rings is 1. The maximum Gasteiger partial charge on any atom is 0.253 e. The SMILES string of the molecule is CC(C)CN1CCN(C(=O)C2CCCN(C(=O)c3ccccc3)CCC(=O)NCC2)CC1. The first-order valence-corrected chi connectivity index (χ1v) is 12.1. The average Bonchev–Trinajstić information content (AvgIpc) is 2.83. The Hall–Kier alpha value is -2.41. The molecule has 2 fully saturated rings. The molecule has 3 amide bonds. The van der Waals surface area contributed by atoms with Crippen molar-refractivity contribution in [1.29, 1.82) is 0 Å². The lowest BCUT2D eigenvalue weighted by Gasteiger charge is -2.37. The highest BCUT2D eigenvalue weighted by molar-refractivity contribution is 5.94. The van der Waals surface area contributed by atoms with E-state index in [1.54, 1.807) is 17.0 Å². The summed E-state index contributed by atoms with van der Waals surface area (Å²) in [5.41, 5.74) is 0.634. The van der Waals surface area contributed by atoms with Gasteiger partial charge in [0.2, 0.25) is 11.8 Å². The molecule has 0 saturated carbocycles. The van der Waals surface area contributed by atoms with Gasteiger partial charge in [0.05, 0.1) is 0 Å². The van der Waals surface area contributed by atoms with Crippen molar-refractivity contribution in [3.8, 4) is 0 Å². The fourth-order valence-corrected chi connectivity index (χ4v) is 4.63. The van der Waals surface area contributed by atoms with Crippen molar-refractivity contribution in [3.05, 3.63) is 35.9 Å². The molecule has 32 heavy (non-hydrogen) atoms. The van der Waals surface area contributed by atoms with Gasteiger partial charge >= 0.3 is 0 Å². The van der Waals surface area contributed by atoms with Crippen molar-refractivity contribution >= 4 is 17.7 Å².